The topological polar surface area (TPSA) is 63.1 Å². The van der Waals surface area contributed by atoms with Gasteiger partial charge in [0.2, 0.25) is 0 Å². The number of aromatic carboxylic acids is 1. The molecule has 1 N–H and O–H groups in total. The molecule has 0 amide bonds. The molecule has 2 aromatic rings. The second-order valence-corrected chi connectivity index (χ2v) is 3.05. The van der Waals surface area contributed by atoms with E-state index in [0.717, 1.165) is 5.56 Å². The fraction of sp³-hybridized carbons (Fsp3) is 0.100. The van der Waals surface area contributed by atoms with Crippen LogP contribution in [0.5, 0.6) is 0 Å². The predicted octanol–water partition coefficient (Wildman–Crippen LogP) is 1.64. The van der Waals surface area contributed by atoms with Gasteiger partial charge in [-0.05, 0) is 24.6 Å². The lowest BCUT2D eigenvalue weighted by Gasteiger charge is -1.98. The number of aromatic nitrogens is 2. The average molecular weight is 188 g/mol. The number of hydrogen-bond acceptors (Lipinski definition) is 3. The molecule has 1 aromatic heterocycles. The van der Waals surface area contributed by atoms with E-state index in [4.69, 9.17) is 5.11 Å². The van der Waals surface area contributed by atoms with Crippen LogP contribution >= 0.6 is 0 Å². The number of fused-ring (bicyclic) bond motifs is 1. The zero-order valence-electron chi connectivity index (χ0n) is 7.56. The van der Waals surface area contributed by atoms with Gasteiger partial charge < -0.3 is 5.11 Å². The molecule has 0 bridgehead atoms. The maximum atomic E-state index is 10.6. The number of rotatable bonds is 1. The summed E-state index contributed by atoms with van der Waals surface area (Å²) in [4.78, 5) is 18.6. The standard InChI is InChI=1S/C10H8N2O2/c1-6-2-3-7-8(4-6)12-9(5-11-7)10(13)14/h2-5H,1H3,(H,13,14). The van der Waals surface area contributed by atoms with Crippen molar-refractivity contribution in [2.75, 3.05) is 0 Å². The van der Waals surface area contributed by atoms with E-state index < -0.39 is 5.97 Å². The maximum Gasteiger partial charge on any atom is 0.356 e. The van der Waals surface area contributed by atoms with Crippen molar-refractivity contribution >= 4 is 17.0 Å². The molecule has 4 nitrogen and oxygen atoms in total. The van der Waals surface area contributed by atoms with Crippen LogP contribution in [-0.4, -0.2) is 21.0 Å². The average Bonchev–Trinajstić information content (AvgIpc) is 2.16. The van der Waals surface area contributed by atoms with Gasteiger partial charge in [-0.1, -0.05) is 6.07 Å². The molecule has 14 heavy (non-hydrogen) atoms. The van der Waals surface area contributed by atoms with Gasteiger partial charge in [0.15, 0.2) is 5.69 Å². The van der Waals surface area contributed by atoms with Crippen molar-refractivity contribution in [3.63, 3.8) is 0 Å². The molecule has 4 heteroatoms. The van der Waals surface area contributed by atoms with Crippen molar-refractivity contribution in [3.8, 4) is 0 Å². The molecule has 0 radical (unpaired) electrons. The van der Waals surface area contributed by atoms with Gasteiger partial charge in [0.05, 0.1) is 17.2 Å². The Morgan fingerprint density at radius 1 is 1.36 bits per heavy atom. The fourth-order valence-corrected chi connectivity index (χ4v) is 1.22. The molecule has 0 aliphatic carbocycles. The Morgan fingerprint density at radius 3 is 2.86 bits per heavy atom. The van der Waals surface area contributed by atoms with E-state index in [9.17, 15) is 4.79 Å². The highest BCUT2D eigenvalue weighted by Gasteiger charge is 2.05. The van der Waals surface area contributed by atoms with Crippen molar-refractivity contribution in [2.24, 2.45) is 0 Å². The van der Waals surface area contributed by atoms with E-state index in [1.165, 1.54) is 6.20 Å². The summed E-state index contributed by atoms with van der Waals surface area (Å²) in [6.07, 6.45) is 1.26. The Kier molecular flexibility index (Phi) is 1.89. The third kappa shape index (κ3) is 1.42. The van der Waals surface area contributed by atoms with Crippen LogP contribution in [0, 0.1) is 6.92 Å². The second-order valence-electron chi connectivity index (χ2n) is 3.05. The third-order valence-corrected chi connectivity index (χ3v) is 1.92. The number of carbonyl (C=O) groups is 1. The van der Waals surface area contributed by atoms with Gasteiger partial charge in [-0.25, -0.2) is 9.78 Å². The number of carboxylic acid groups (broad SMARTS) is 1. The maximum absolute atomic E-state index is 10.6. The number of aryl methyl sites for hydroxylation is 1. The van der Waals surface area contributed by atoms with E-state index in [-0.39, 0.29) is 5.69 Å². The summed E-state index contributed by atoms with van der Waals surface area (Å²) in [7, 11) is 0. The predicted molar refractivity (Wildman–Crippen MR) is 51.2 cm³/mol. The van der Waals surface area contributed by atoms with Gasteiger partial charge in [0.25, 0.3) is 0 Å². The molecule has 0 aliphatic rings. The number of benzene rings is 1. The first-order chi connectivity index (χ1) is 6.66. The zero-order valence-corrected chi connectivity index (χ0v) is 7.56. The molecule has 0 spiro atoms. The summed E-state index contributed by atoms with van der Waals surface area (Å²) in [5.41, 5.74) is 2.34. The summed E-state index contributed by atoms with van der Waals surface area (Å²) < 4.78 is 0. The zero-order chi connectivity index (χ0) is 10.1. The summed E-state index contributed by atoms with van der Waals surface area (Å²) >= 11 is 0. The molecule has 1 heterocycles. The van der Waals surface area contributed by atoms with Crippen molar-refractivity contribution in [1.29, 1.82) is 0 Å². The van der Waals surface area contributed by atoms with Crippen LogP contribution in [0.1, 0.15) is 16.1 Å². The SMILES string of the molecule is Cc1ccc2ncc(C(=O)O)nc2c1. The lowest BCUT2D eigenvalue weighted by atomic mass is 10.2. The second kappa shape index (κ2) is 3.06. The number of carboxylic acids is 1. The minimum absolute atomic E-state index is 0.0249. The fourth-order valence-electron chi connectivity index (χ4n) is 1.22. The lowest BCUT2D eigenvalue weighted by molar-refractivity contribution is 0.0690. The smallest absolute Gasteiger partial charge is 0.356 e. The van der Waals surface area contributed by atoms with Crippen molar-refractivity contribution in [1.82, 2.24) is 9.97 Å². The Labute approximate surface area is 80.2 Å². The minimum atomic E-state index is -1.05. The van der Waals surface area contributed by atoms with E-state index in [0.29, 0.717) is 11.0 Å². The molecule has 0 aliphatic heterocycles. The van der Waals surface area contributed by atoms with Gasteiger partial charge >= 0.3 is 5.97 Å². The summed E-state index contributed by atoms with van der Waals surface area (Å²) in [6, 6.07) is 5.55. The third-order valence-electron chi connectivity index (χ3n) is 1.92. The van der Waals surface area contributed by atoms with Crippen LogP contribution in [0.3, 0.4) is 0 Å². The molecule has 1 aromatic carbocycles. The van der Waals surface area contributed by atoms with E-state index in [1.807, 2.05) is 25.1 Å². The Morgan fingerprint density at radius 2 is 2.14 bits per heavy atom. The first-order valence-electron chi connectivity index (χ1n) is 4.13. The normalized spacial score (nSPS) is 10.4. The minimum Gasteiger partial charge on any atom is -0.476 e. The Hall–Kier alpha value is -1.97. The molecule has 0 fully saturated rings. The van der Waals surface area contributed by atoms with Crippen molar-refractivity contribution in [2.45, 2.75) is 6.92 Å². The molecule has 0 atom stereocenters. The highest BCUT2D eigenvalue weighted by Crippen LogP contribution is 2.11. The van der Waals surface area contributed by atoms with Gasteiger partial charge in [-0.3, -0.25) is 4.98 Å². The highest BCUT2D eigenvalue weighted by molar-refractivity contribution is 5.87. The van der Waals surface area contributed by atoms with Gasteiger partial charge in [0, 0.05) is 0 Å². The molecule has 0 saturated heterocycles. The van der Waals surface area contributed by atoms with E-state index in [2.05, 4.69) is 9.97 Å². The summed E-state index contributed by atoms with van der Waals surface area (Å²) in [6.45, 7) is 1.93. The van der Waals surface area contributed by atoms with E-state index in [1.54, 1.807) is 0 Å². The van der Waals surface area contributed by atoms with Crippen LogP contribution < -0.4 is 0 Å². The van der Waals surface area contributed by atoms with Crippen LogP contribution in [0.15, 0.2) is 24.4 Å². The van der Waals surface area contributed by atoms with Gasteiger partial charge in [-0.2, -0.15) is 0 Å². The number of nitrogens with zero attached hydrogens (tertiary/aromatic N) is 2. The summed E-state index contributed by atoms with van der Waals surface area (Å²) in [5, 5.41) is 8.71. The Bertz CT molecular complexity index is 508. The lowest BCUT2D eigenvalue weighted by Crippen LogP contribution is -2.01. The quantitative estimate of drug-likeness (QED) is 0.738. The first kappa shape index (κ1) is 8.62. The summed E-state index contributed by atoms with van der Waals surface area (Å²) in [5.74, 6) is -1.05. The largest absolute Gasteiger partial charge is 0.476 e. The van der Waals surface area contributed by atoms with Crippen LogP contribution in [0.4, 0.5) is 0 Å². The van der Waals surface area contributed by atoms with Crippen molar-refractivity contribution < 1.29 is 9.90 Å². The molecule has 0 unspecified atom stereocenters. The molecule has 2 rings (SSSR count). The first-order valence-corrected chi connectivity index (χ1v) is 4.13. The molecule has 70 valence electrons. The number of hydrogen-bond donors (Lipinski definition) is 1. The van der Waals surface area contributed by atoms with Crippen molar-refractivity contribution in [3.05, 3.63) is 35.7 Å². The monoisotopic (exact) mass is 188 g/mol. The molecular weight excluding hydrogens is 180 g/mol. The van der Waals surface area contributed by atoms with Crippen LogP contribution in [0.2, 0.25) is 0 Å². The molecule has 0 saturated carbocycles. The van der Waals surface area contributed by atoms with Crippen LogP contribution in [0.25, 0.3) is 11.0 Å². The Balaban J connectivity index is 2.69. The van der Waals surface area contributed by atoms with Gasteiger partial charge in [-0.15, -0.1) is 0 Å². The highest BCUT2D eigenvalue weighted by atomic mass is 16.4. The molecular formula is C10H8N2O2. The van der Waals surface area contributed by atoms with Crippen LogP contribution in [-0.2, 0) is 0 Å². The van der Waals surface area contributed by atoms with E-state index >= 15 is 0 Å². The van der Waals surface area contributed by atoms with Gasteiger partial charge in [0.1, 0.15) is 0 Å².